The van der Waals surface area contributed by atoms with Crippen molar-refractivity contribution >= 4 is 11.8 Å². The van der Waals surface area contributed by atoms with E-state index in [2.05, 4.69) is 28.9 Å². The van der Waals surface area contributed by atoms with Crippen molar-refractivity contribution < 1.29 is 24.2 Å². The Morgan fingerprint density at radius 3 is 2.81 bits per heavy atom. The molecule has 5 aliphatic rings. The van der Waals surface area contributed by atoms with E-state index in [1.165, 1.54) is 16.3 Å². The van der Waals surface area contributed by atoms with E-state index in [1.807, 2.05) is 6.08 Å². The molecule has 3 saturated carbocycles. The average Bonchev–Trinajstić information content (AvgIpc) is 3.50. The van der Waals surface area contributed by atoms with Gasteiger partial charge in [-0.05, 0) is 85.6 Å². The number of fused-ring (bicyclic) bond motifs is 5. The fraction of sp³-hybridized carbons (Fsp3) is 0.733. The summed E-state index contributed by atoms with van der Waals surface area (Å²) < 4.78 is 13.1. The van der Waals surface area contributed by atoms with E-state index in [0.29, 0.717) is 24.8 Å². The summed E-state index contributed by atoms with van der Waals surface area (Å²) in [5.74, 6) is 0.0838. The first-order chi connectivity index (χ1) is 20.0. The predicted octanol–water partition coefficient (Wildman–Crippen LogP) is 3.47. The molecule has 226 valence electrons. The van der Waals surface area contributed by atoms with Gasteiger partial charge < -0.3 is 14.6 Å². The van der Waals surface area contributed by atoms with Gasteiger partial charge in [-0.3, -0.25) is 23.9 Å². The fourth-order valence-corrected chi connectivity index (χ4v) is 9.36. The average molecular weight is 582 g/mol. The lowest BCUT2D eigenvalue weighted by Crippen LogP contribution is -2.57. The molecule has 0 aromatic carbocycles. The van der Waals surface area contributed by atoms with Gasteiger partial charge in [-0.2, -0.15) is 0 Å². The van der Waals surface area contributed by atoms with Crippen molar-refractivity contribution in [2.24, 2.45) is 39.6 Å². The molecule has 2 heterocycles. The number of aromatic amines is 1. The van der Waals surface area contributed by atoms with Crippen LogP contribution in [0.4, 0.5) is 0 Å². The SMILES string of the molecule is Cc1cn([C@H]2C[C@H](N=[N+]=[N-])[C@@H](COC(=O)C3CC[C@H]4[C@@H]5CCC6=CC(=O)CC[C@]6(C)[C@H]5C(O)C[C@]34C)O2)c(=O)[nH]c1=O. The summed E-state index contributed by atoms with van der Waals surface area (Å²) in [4.78, 5) is 55.1. The number of hydrogen-bond donors (Lipinski definition) is 2. The van der Waals surface area contributed by atoms with E-state index in [-0.39, 0.29) is 53.9 Å². The van der Waals surface area contributed by atoms with Crippen LogP contribution in [0.1, 0.15) is 77.0 Å². The number of ketones is 1. The molecule has 1 saturated heterocycles. The molecule has 0 amide bonds. The number of allylic oxidation sites excluding steroid dienone is 1. The van der Waals surface area contributed by atoms with Crippen LogP contribution >= 0.6 is 0 Å². The third-order valence-electron chi connectivity index (χ3n) is 11.4. The van der Waals surface area contributed by atoms with Crippen LogP contribution in [0.5, 0.6) is 0 Å². The van der Waals surface area contributed by atoms with Gasteiger partial charge in [0.1, 0.15) is 18.9 Å². The summed E-state index contributed by atoms with van der Waals surface area (Å²) in [6, 6.07) is -0.663. The second-order valence-corrected chi connectivity index (χ2v) is 13.5. The van der Waals surface area contributed by atoms with Gasteiger partial charge in [-0.1, -0.05) is 24.5 Å². The van der Waals surface area contributed by atoms with Gasteiger partial charge in [0.05, 0.1) is 18.1 Å². The number of rotatable bonds is 5. The van der Waals surface area contributed by atoms with Crippen LogP contribution in [0.2, 0.25) is 0 Å². The molecule has 0 radical (unpaired) electrons. The molecule has 0 bridgehead atoms. The first-order valence-electron chi connectivity index (χ1n) is 15.1. The number of aromatic nitrogens is 2. The molecule has 2 unspecified atom stereocenters. The Bertz CT molecular complexity index is 1490. The molecule has 12 heteroatoms. The number of H-pyrrole nitrogens is 1. The highest BCUT2D eigenvalue weighted by atomic mass is 16.6. The number of azide groups is 1. The second kappa shape index (κ2) is 10.5. The van der Waals surface area contributed by atoms with Crippen molar-refractivity contribution in [3.63, 3.8) is 0 Å². The van der Waals surface area contributed by atoms with E-state index < -0.39 is 41.1 Å². The normalized spacial score (nSPS) is 40.8. The monoisotopic (exact) mass is 581 g/mol. The highest BCUT2D eigenvalue weighted by Gasteiger charge is 2.63. The lowest BCUT2D eigenvalue weighted by Gasteiger charge is -2.59. The molecule has 0 spiro atoms. The second-order valence-electron chi connectivity index (χ2n) is 13.5. The minimum atomic E-state index is -0.784. The maximum absolute atomic E-state index is 13.6. The zero-order valence-corrected chi connectivity index (χ0v) is 24.3. The van der Waals surface area contributed by atoms with E-state index in [0.717, 1.165) is 25.7 Å². The highest BCUT2D eigenvalue weighted by Crippen LogP contribution is 2.66. The van der Waals surface area contributed by atoms with Gasteiger partial charge in [0.25, 0.3) is 5.56 Å². The topological polar surface area (TPSA) is 176 Å². The number of aliphatic hydroxyl groups is 1. The summed E-state index contributed by atoms with van der Waals surface area (Å²) >= 11 is 0. The third kappa shape index (κ3) is 4.55. The molecule has 6 rings (SSSR count). The number of carbonyl (C=O) groups is 2. The summed E-state index contributed by atoms with van der Waals surface area (Å²) in [7, 11) is 0. The van der Waals surface area contributed by atoms with Gasteiger partial charge in [0, 0.05) is 29.5 Å². The minimum Gasteiger partial charge on any atom is -0.463 e. The molecule has 4 fully saturated rings. The smallest absolute Gasteiger partial charge is 0.330 e. The number of aliphatic hydroxyl groups excluding tert-OH is 1. The quantitative estimate of drug-likeness (QED) is 0.231. The van der Waals surface area contributed by atoms with Crippen LogP contribution in [0.25, 0.3) is 10.4 Å². The highest BCUT2D eigenvalue weighted by molar-refractivity contribution is 5.91. The molecule has 10 atom stereocenters. The molecule has 1 aromatic heterocycles. The summed E-state index contributed by atoms with van der Waals surface area (Å²) in [5.41, 5.74) is 8.91. The van der Waals surface area contributed by atoms with E-state index >= 15 is 0 Å². The maximum atomic E-state index is 13.6. The third-order valence-corrected chi connectivity index (χ3v) is 11.4. The van der Waals surface area contributed by atoms with Gasteiger partial charge in [0.2, 0.25) is 0 Å². The Morgan fingerprint density at radius 2 is 2.05 bits per heavy atom. The van der Waals surface area contributed by atoms with E-state index in [4.69, 9.17) is 15.0 Å². The molecule has 1 aromatic rings. The predicted molar refractivity (Wildman–Crippen MR) is 150 cm³/mol. The van der Waals surface area contributed by atoms with Gasteiger partial charge in [-0.25, -0.2) is 4.79 Å². The summed E-state index contributed by atoms with van der Waals surface area (Å²) in [6.07, 6.45) is 6.43. The number of hydrogen-bond acceptors (Lipinski definition) is 8. The molecule has 12 nitrogen and oxygen atoms in total. The fourth-order valence-electron chi connectivity index (χ4n) is 9.36. The van der Waals surface area contributed by atoms with Crippen molar-refractivity contribution in [2.75, 3.05) is 6.61 Å². The van der Waals surface area contributed by atoms with Crippen molar-refractivity contribution in [3.8, 4) is 0 Å². The van der Waals surface area contributed by atoms with Crippen molar-refractivity contribution in [3.05, 3.63) is 54.7 Å². The van der Waals surface area contributed by atoms with Crippen molar-refractivity contribution in [1.82, 2.24) is 9.55 Å². The number of esters is 1. The van der Waals surface area contributed by atoms with Gasteiger partial charge in [0.15, 0.2) is 5.78 Å². The number of carbonyl (C=O) groups excluding carboxylic acids is 2. The van der Waals surface area contributed by atoms with E-state index in [1.54, 1.807) is 6.92 Å². The number of aryl methyl sites for hydroxylation is 1. The number of ether oxygens (including phenoxy) is 2. The Morgan fingerprint density at radius 1 is 1.26 bits per heavy atom. The Balaban J connectivity index is 1.16. The summed E-state index contributed by atoms with van der Waals surface area (Å²) in [5, 5.41) is 15.4. The first kappa shape index (κ1) is 28.9. The maximum Gasteiger partial charge on any atom is 0.330 e. The van der Waals surface area contributed by atoms with Crippen molar-refractivity contribution in [2.45, 2.75) is 96.6 Å². The Hall–Kier alpha value is -3.21. The molecule has 42 heavy (non-hydrogen) atoms. The molecule has 1 aliphatic heterocycles. The van der Waals surface area contributed by atoms with Gasteiger partial charge in [-0.15, -0.1) is 0 Å². The number of nitrogens with one attached hydrogen (secondary N) is 1. The van der Waals surface area contributed by atoms with Crippen LogP contribution in [0.3, 0.4) is 0 Å². The minimum absolute atomic E-state index is 0.0758. The molecular weight excluding hydrogens is 542 g/mol. The zero-order chi connectivity index (χ0) is 30.0. The lowest BCUT2D eigenvalue weighted by atomic mass is 9.46. The molecule has 2 N–H and O–H groups in total. The zero-order valence-electron chi connectivity index (χ0n) is 24.3. The van der Waals surface area contributed by atoms with Crippen molar-refractivity contribution in [1.29, 1.82) is 0 Å². The lowest BCUT2D eigenvalue weighted by molar-refractivity contribution is -0.167. The summed E-state index contributed by atoms with van der Waals surface area (Å²) in [6.45, 7) is 5.77. The van der Waals surface area contributed by atoms with Gasteiger partial charge >= 0.3 is 11.7 Å². The largest absolute Gasteiger partial charge is 0.463 e. The standard InChI is InChI=1S/C30H39N5O7/c1-15-13-35(28(40)32-26(15)38)24-11-21(33-34-31)23(42-24)14-41-27(39)20-7-6-19-18-5-4-16-10-17(36)8-9-29(16,2)25(18)22(37)12-30(19,20)3/h10,13,18-25,37H,4-9,11-12,14H2,1-3H3,(H,32,38,40)/t18-,19-,20?,21-,22?,23+,24+,25+,29-,30-/m0/s1. The molecular formula is C30H39N5O7. The van der Waals surface area contributed by atoms with Crippen LogP contribution in [-0.4, -0.2) is 51.3 Å². The number of nitrogens with zero attached hydrogens (tertiary/aromatic N) is 4. The molecule has 4 aliphatic carbocycles. The van der Waals surface area contributed by atoms with Crippen LogP contribution in [0.15, 0.2) is 32.5 Å². The van der Waals surface area contributed by atoms with Crippen LogP contribution in [-0.2, 0) is 19.1 Å². The van der Waals surface area contributed by atoms with E-state index in [9.17, 15) is 24.3 Å². The Labute approximate surface area is 243 Å². The first-order valence-corrected chi connectivity index (χ1v) is 15.1. The Kier molecular flexibility index (Phi) is 7.22. The van der Waals surface area contributed by atoms with Crippen LogP contribution in [0, 0.1) is 41.4 Å². The van der Waals surface area contributed by atoms with Crippen LogP contribution < -0.4 is 11.2 Å².